The van der Waals surface area contributed by atoms with Crippen LogP contribution in [0.3, 0.4) is 0 Å². The first-order valence-corrected chi connectivity index (χ1v) is 4.76. The molecule has 0 bridgehead atoms. The molecule has 0 aliphatic rings. The first-order chi connectivity index (χ1) is 6.28. The third-order valence-electron chi connectivity index (χ3n) is 2.02. The maximum atomic E-state index is 11.1. The summed E-state index contributed by atoms with van der Waals surface area (Å²) in [6, 6.07) is -0.519. The van der Waals surface area contributed by atoms with Crippen molar-refractivity contribution in [2.24, 2.45) is 11.1 Å². The predicted octanol–water partition coefficient (Wildman–Crippen LogP) is 0.465. The summed E-state index contributed by atoms with van der Waals surface area (Å²) in [5.74, 6) is -0.336. The Hall–Kier alpha value is -0.610. The Bertz CT molecular complexity index is 191. The van der Waals surface area contributed by atoms with Gasteiger partial charge in [0.1, 0.15) is 6.04 Å². The number of nitrogens with two attached hydrogens (primary N) is 1. The molecule has 1 atom stereocenters. The molecular formula is C10H22N2O2. The average molecular weight is 202 g/mol. The van der Waals surface area contributed by atoms with Crippen molar-refractivity contribution in [3.63, 3.8) is 0 Å². The van der Waals surface area contributed by atoms with Crippen molar-refractivity contribution in [1.29, 1.82) is 0 Å². The molecular weight excluding hydrogens is 180 g/mol. The number of rotatable bonds is 5. The largest absolute Gasteiger partial charge is 0.468 e. The molecule has 0 aromatic carbocycles. The molecule has 0 aliphatic heterocycles. The lowest BCUT2D eigenvalue weighted by molar-refractivity contribution is -0.143. The molecule has 0 aromatic rings. The zero-order valence-corrected chi connectivity index (χ0v) is 9.83. The van der Waals surface area contributed by atoms with Crippen molar-refractivity contribution in [3.8, 4) is 0 Å². The lowest BCUT2D eigenvalue weighted by Gasteiger charge is -2.29. The van der Waals surface area contributed by atoms with E-state index >= 15 is 0 Å². The summed E-state index contributed by atoms with van der Waals surface area (Å²) in [5, 5.41) is 0. The fourth-order valence-electron chi connectivity index (χ4n) is 1.75. The van der Waals surface area contributed by atoms with Gasteiger partial charge in [0.2, 0.25) is 0 Å². The van der Waals surface area contributed by atoms with Gasteiger partial charge >= 0.3 is 5.97 Å². The molecule has 0 aliphatic carbocycles. The van der Waals surface area contributed by atoms with E-state index in [4.69, 9.17) is 5.73 Å². The van der Waals surface area contributed by atoms with E-state index in [0.717, 1.165) is 6.54 Å². The molecule has 0 spiro atoms. The van der Waals surface area contributed by atoms with Gasteiger partial charge in [-0.3, -0.25) is 4.79 Å². The molecule has 0 rings (SSSR count). The molecule has 0 saturated carbocycles. The highest BCUT2D eigenvalue weighted by Crippen LogP contribution is 2.22. The van der Waals surface area contributed by atoms with Crippen LogP contribution in [0.5, 0.6) is 0 Å². The zero-order chi connectivity index (χ0) is 11.4. The van der Waals surface area contributed by atoms with Crippen LogP contribution in [0.4, 0.5) is 0 Å². The van der Waals surface area contributed by atoms with Gasteiger partial charge < -0.3 is 15.4 Å². The third-order valence-corrected chi connectivity index (χ3v) is 2.02. The molecule has 0 heterocycles. The average Bonchev–Trinajstić information content (AvgIpc) is 1.99. The summed E-state index contributed by atoms with van der Waals surface area (Å²) in [6.45, 7) is 5.09. The third kappa shape index (κ3) is 5.19. The van der Waals surface area contributed by atoms with E-state index in [1.165, 1.54) is 7.11 Å². The first-order valence-electron chi connectivity index (χ1n) is 4.76. The molecule has 0 saturated heterocycles. The first kappa shape index (κ1) is 13.4. The van der Waals surface area contributed by atoms with Crippen molar-refractivity contribution in [2.75, 3.05) is 27.7 Å². The van der Waals surface area contributed by atoms with E-state index in [2.05, 4.69) is 23.5 Å². The Kier molecular flexibility index (Phi) is 5.08. The topological polar surface area (TPSA) is 55.6 Å². The van der Waals surface area contributed by atoms with Gasteiger partial charge in [0.05, 0.1) is 7.11 Å². The van der Waals surface area contributed by atoms with Crippen LogP contribution in [0.25, 0.3) is 0 Å². The lowest BCUT2D eigenvalue weighted by Crippen LogP contribution is -2.39. The number of carbonyl (C=O) groups excluding carboxylic acids is 1. The van der Waals surface area contributed by atoms with Crippen LogP contribution in [-0.2, 0) is 9.53 Å². The highest BCUT2D eigenvalue weighted by molar-refractivity contribution is 5.75. The van der Waals surface area contributed by atoms with E-state index in [1.54, 1.807) is 0 Å². The maximum absolute atomic E-state index is 11.1. The number of methoxy groups -OCH3 is 1. The Morgan fingerprint density at radius 3 is 2.36 bits per heavy atom. The number of nitrogens with zero attached hydrogens (tertiary/aromatic N) is 1. The Morgan fingerprint density at radius 2 is 2.00 bits per heavy atom. The number of hydrogen-bond donors (Lipinski definition) is 1. The van der Waals surface area contributed by atoms with Crippen molar-refractivity contribution in [3.05, 3.63) is 0 Å². The van der Waals surface area contributed by atoms with Gasteiger partial charge in [-0.15, -0.1) is 0 Å². The van der Waals surface area contributed by atoms with E-state index < -0.39 is 6.04 Å². The highest BCUT2D eigenvalue weighted by Gasteiger charge is 2.26. The van der Waals surface area contributed by atoms with Crippen LogP contribution in [-0.4, -0.2) is 44.7 Å². The van der Waals surface area contributed by atoms with Crippen LogP contribution in [0, 0.1) is 5.41 Å². The smallest absolute Gasteiger partial charge is 0.322 e. The van der Waals surface area contributed by atoms with Crippen LogP contribution in [0.2, 0.25) is 0 Å². The summed E-state index contributed by atoms with van der Waals surface area (Å²) in [6.07, 6.45) is 0.637. The van der Waals surface area contributed by atoms with E-state index in [-0.39, 0.29) is 11.4 Å². The number of esters is 1. The van der Waals surface area contributed by atoms with Crippen molar-refractivity contribution in [2.45, 2.75) is 26.3 Å². The standard InChI is InChI=1S/C10H22N2O2/c1-10(2,7-12(3)4)6-8(11)9(13)14-5/h8H,6-7,11H2,1-5H3. The van der Waals surface area contributed by atoms with Crippen LogP contribution < -0.4 is 5.73 Å². The molecule has 84 valence electrons. The van der Waals surface area contributed by atoms with Gasteiger partial charge in [-0.25, -0.2) is 0 Å². The molecule has 4 nitrogen and oxygen atoms in total. The number of carbonyl (C=O) groups is 1. The SMILES string of the molecule is COC(=O)C(N)CC(C)(C)CN(C)C. The van der Waals surface area contributed by atoms with Crippen molar-refractivity contribution >= 4 is 5.97 Å². The Balaban J connectivity index is 4.14. The van der Waals surface area contributed by atoms with Crippen LogP contribution in [0.15, 0.2) is 0 Å². The minimum atomic E-state index is -0.519. The molecule has 14 heavy (non-hydrogen) atoms. The van der Waals surface area contributed by atoms with E-state index in [9.17, 15) is 4.79 Å². The van der Waals surface area contributed by atoms with Gasteiger partial charge in [0, 0.05) is 6.54 Å². The molecule has 0 aromatic heterocycles. The Labute approximate surface area is 86.4 Å². The Morgan fingerprint density at radius 1 is 1.50 bits per heavy atom. The van der Waals surface area contributed by atoms with Gasteiger partial charge in [-0.2, -0.15) is 0 Å². The minimum absolute atomic E-state index is 0.0249. The van der Waals surface area contributed by atoms with Gasteiger partial charge in [0.15, 0.2) is 0 Å². The number of ether oxygens (including phenoxy) is 1. The maximum Gasteiger partial charge on any atom is 0.322 e. The second kappa shape index (κ2) is 5.32. The summed E-state index contributed by atoms with van der Waals surface area (Å²) in [5.41, 5.74) is 5.72. The molecule has 0 fully saturated rings. The monoisotopic (exact) mass is 202 g/mol. The normalized spacial score (nSPS) is 14.2. The summed E-state index contributed by atoms with van der Waals surface area (Å²) in [7, 11) is 5.37. The van der Waals surface area contributed by atoms with E-state index in [0.29, 0.717) is 6.42 Å². The van der Waals surface area contributed by atoms with Crippen molar-refractivity contribution < 1.29 is 9.53 Å². The zero-order valence-electron chi connectivity index (χ0n) is 9.83. The van der Waals surface area contributed by atoms with Crippen LogP contribution >= 0.6 is 0 Å². The summed E-state index contributed by atoms with van der Waals surface area (Å²) >= 11 is 0. The molecule has 0 radical (unpaired) electrons. The second-order valence-electron chi connectivity index (χ2n) is 4.74. The molecule has 4 heteroatoms. The molecule has 1 unspecified atom stereocenters. The number of hydrogen-bond acceptors (Lipinski definition) is 4. The second-order valence-corrected chi connectivity index (χ2v) is 4.74. The predicted molar refractivity (Wildman–Crippen MR) is 56.9 cm³/mol. The van der Waals surface area contributed by atoms with Gasteiger partial charge in [-0.1, -0.05) is 13.8 Å². The quantitative estimate of drug-likeness (QED) is 0.658. The van der Waals surface area contributed by atoms with Crippen molar-refractivity contribution in [1.82, 2.24) is 4.90 Å². The van der Waals surface area contributed by atoms with Gasteiger partial charge in [0.25, 0.3) is 0 Å². The molecule has 0 amide bonds. The summed E-state index contributed by atoms with van der Waals surface area (Å²) < 4.78 is 4.59. The van der Waals surface area contributed by atoms with E-state index in [1.807, 2.05) is 14.1 Å². The van der Waals surface area contributed by atoms with Gasteiger partial charge in [-0.05, 0) is 25.9 Å². The highest BCUT2D eigenvalue weighted by atomic mass is 16.5. The minimum Gasteiger partial charge on any atom is -0.468 e. The van der Waals surface area contributed by atoms with Crippen LogP contribution in [0.1, 0.15) is 20.3 Å². The fraction of sp³-hybridized carbons (Fsp3) is 0.900. The lowest BCUT2D eigenvalue weighted by atomic mass is 9.85. The fourth-order valence-corrected chi connectivity index (χ4v) is 1.75. The summed E-state index contributed by atoms with van der Waals surface area (Å²) in [4.78, 5) is 13.2. The molecule has 2 N–H and O–H groups in total.